The number of para-hydroxylation sites is 1. The predicted molar refractivity (Wildman–Crippen MR) is 110 cm³/mol. The third-order valence-electron chi connectivity index (χ3n) is 5.22. The molecule has 1 aliphatic heterocycles. The number of H-pyrrole nitrogens is 1. The molecule has 1 N–H and O–H groups in total. The first-order valence-corrected chi connectivity index (χ1v) is 9.31. The lowest BCUT2D eigenvalue weighted by molar-refractivity contribution is 0.653. The summed E-state index contributed by atoms with van der Waals surface area (Å²) in [6.07, 6.45) is 5.59. The molecule has 0 unspecified atom stereocenters. The molecular formula is C22H21N5. The number of piperazine rings is 1. The molecule has 1 saturated heterocycles. The Bertz CT molecular complexity index is 1020. The maximum atomic E-state index is 4.70. The fourth-order valence-electron chi connectivity index (χ4n) is 3.82. The standard InChI is InChI=1S/C22H21N5/c1-2-5-19-17(4-1)16-20(25-19)22-21(6-3-9-24-22)27-14-12-26(13-15-27)18-7-10-23-11-8-18/h1-11,16,25H,12-15H2. The zero-order chi connectivity index (χ0) is 18.1. The number of anilines is 2. The van der Waals surface area contributed by atoms with Gasteiger partial charge in [-0.05, 0) is 36.4 Å². The second kappa shape index (κ2) is 6.76. The summed E-state index contributed by atoms with van der Waals surface area (Å²) in [5, 5.41) is 1.21. The van der Waals surface area contributed by atoms with E-state index in [-0.39, 0.29) is 0 Å². The van der Waals surface area contributed by atoms with E-state index in [9.17, 15) is 0 Å². The number of hydrogen-bond acceptors (Lipinski definition) is 4. The molecule has 3 aromatic heterocycles. The van der Waals surface area contributed by atoms with Crippen LogP contribution in [0.2, 0.25) is 0 Å². The first-order chi connectivity index (χ1) is 13.4. The lowest BCUT2D eigenvalue weighted by Crippen LogP contribution is -2.46. The minimum absolute atomic E-state index is 0.973. The van der Waals surface area contributed by atoms with Crippen LogP contribution < -0.4 is 9.80 Å². The number of pyridine rings is 2. The van der Waals surface area contributed by atoms with Crippen LogP contribution in [0, 0.1) is 0 Å². The third-order valence-corrected chi connectivity index (χ3v) is 5.22. The van der Waals surface area contributed by atoms with Crippen LogP contribution >= 0.6 is 0 Å². The van der Waals surface area contributed by atoms with Gasteiger partial charge < -0.3 is 14.8 Å². The van der Waals surface area contributed by atoms with Crippen molar-refractivity contribution in [3.8, 4) is 11.4 Å². The van der Waals surface area contributed by atoms with Gasteiger partial charge in [-0.1, -0.05) is 18.2 Å². The summed E-state index contributed by atoms with van der Waals surface area (Å²) in [4.78, 5) is 17.2. The van der Waals surface area contributed by atoms with Gasteiger partial charge in [0.05, 0.1) is 11.4 Å². The van der Waals surface area contributed by atoms with E-state index in [0.29, 0.717) is 0 Å². The van der Waals surface area contributed by atoms with E-state index in [2.05, 4.69) is 68.3 Å². The van der Waals surface area contributed by atoms with E-state index < -0.39 is 0 Å². The fourth-order valence-corrected chi connectivity index (χ4v) is 3.82. The van der Waals surface area contributed by atoms with Gasteiger partial charge in [-0.3, -0.25) is 9.97 Å². The minimum Gasteiger partial charge on any atom is -0.368 e. The highest BCUT2D eigenvalue weighted by Crippen LogP contribution is 2.31. The Hall–Kier alpha value is -3.34. The van der Waals surface area contributed by atoms with E-state index in [1.807, 2.05) is 24.7 Å². The smallest absolute Gasteiger partial charge is 0.110 e. The van der Waals surface area contributed by atoms with Crippen molar-refractivity contribution in [2.24, 2.45) is 0 Å². The Balaban J connectivity index is 1.42. The molecule has 1 aromatic carbocycles. The number of aromatic nitrogens is 3. The van der Waals surface area contributed by atoms with Crippen molar-refractivity contribution in [3.05, 3.63) is 73.2 Å². The largest absolute Gasteiger partial charge is 0.368 e. The molecule has 134 valence electrons. The molecule has 0 saturated carbocycles. The Kier molecular flexibility index (Phi) is 3.98. The van der Waals surface area contributed by atoms with Crippen LogP contribution in [-0.2, 0) is 0 Å². The summed E-state index contributed by atoms with van der Waals surface area (Å²) in [7, 11) is 0. The molecule has 0 spiro atoms. The second-order valence-electron chi connectivity index (χ2n) is 6.82. The van der Waals surface area contributed by atoms with Gasteiger partial charge in [0, 0.05) is 61.4 Å². The van der Waals surface area contributed by atoms with Gasteiger partial charge in [-0.25, -0.2) is 0 Å². The van der Waals surface area contributed by atoms with Gasteiger partial charge in [0.2, 0.25) is 0 Å². The van der Waals surface area contributed by atoms with Crippen molar-refractivity contribution in [1.29, 1.82) is 0 Å². The normalized spacial score (nSPS) is 14.7. The van der Waals surface area contributed by atoms with Crippen LogP contribution in [0.25, 0.3) is 22.3 Å². The van der Waals surface area contributed by atoms with Gasteiger partial charge >= 0.3 is 0 Å². The summed E-state index contributed by atoms with van der Waals surface area (Å²) in [5.74, 6) is 0. The Morgan fingerprint density at radius 3 is 2.37 bits per heavy atom. The molecule has 0 aliphatic carbocycles. The number of nitrogens with one attached hydrogen (secondary N) is 1. The van der Waals surface area contributed by atoms with Crippen LogP contribution in [0.3, 0.4) is 0 Å². The van der Waals surface area contributed by atoms with E-state index in [1.54, 1.807) is 0 Å². The molecule has 4 aromatic rings. The zero-order valence-corrected chi connectivity index (χ0v) is 15.0. The van der Waals surface area contributed by atoms with Crippen molar-refractivity contribution < 1.29 is 0 Å². The molecule has 27 heavy (non-hydrogen) atoms. The molecule has 1 aliphatic rings. The van der Waals surface area contributed by atoms with Gasteiger partial charge in [-0.15, -0.1) is 0 Å². The van der Waals surface area contributed by atoms with E-state index in [0.717, 1.165) is 43.1 Å². The highest BCUT2D eigenvalue weighted by molar-refractivity contribution is 5.87. The first kappa shape index (κ1) is 15.9. The highest BCUT2D eigenvalue weighted by atomic mass is 15.3. The minimum atomic E-state index is 0.973. The maximum absolute atomic E-state index is 4.70. The van der Waals surface area contributed by atoms with Gasteiger partial charge in [0.25, 0.3) is 0 Å². The average Bonchev–Trinajstić information content (AvgIpc) is 3.19. The Labute approximate surface area is 158 Å². The number of nitrogens with zero attached hydrogens (tertiary/aromatic N) is 4. The second-order valence-corrected chi connectivity index (χ2v) is 6.82. The monoisotopic (exact) mass is 355 g/mol. The summed E-state index contributed by atoms with van der Waals surface area (Å²) >= 11 is 0. The average molecular weight is 355 g/mol. The lowest BCUT2D eigenvalue weighted by atomic mass is 10.1. The van der Waals surface area contributed by atoms with Crippen LogP contribution in [0.4, 0.5) is 11.4 Å². The van der Waals surface area contributed by atoms with Crippen molar-refractivity contribution in [2.75, 3.05) is 36.0 Å². The van der Waals surface area contributed by atoms with Crippen molar-refractivity contribution in [2.45, 2.75) is 0 Å². The maximum Gasteiger partial charge on any atom is 0.110 e. The number of rotatable bonds is 3. The highest BCUT2D eigenvalue weighted by Gasteiger charge is 2.21. The molecule has 0 radical (unpaired) electrons. The number of aromatic amines is 1. The van der Waals surface area contributed by atoms with E-state index in [1.165, 1.54) is 16.8 Å². The first-order valence-electron chi connectivity index (χ1n) is 9.31. The predicted octanol–water partition coefficient (Wildman–Crippen LogP) is 3.95. The molecule has 5 heteroatoms. The SMILES string of the molecule is c1cnc(-c2cc3ccccc3[nH]2)c(N2CCN(c3ccncc3)CC2)c1. The van der Waals surface area contributed by atoms with Crippen LogP contribution in [0.15, 0.2) is 73.2 Å². The third kappa shape index (κ3) is 3.01. The summed E-state index contributed by atoms with van der Waals surface area (Å²) in [6.45, 7) is 3.93. The summed E-state index contributed by atoms with van der Waals surface area (Å²) < 4.78 is 0. The van der Waals surface area contributed by atoms with Crippen LogP contribution in [0.5, 0.6) is 0 Å². The molecule has 4 heterocycles. The van der Waals surface area contributed by atoms with Crippen molar-refractivity contribution in [3.63, 3.8) is 0 Å². The number of benzene rings is 1. The molecule has 0 bridgehead atoms. The molecule has 0 amide bonds. The molecular weight excluding hydrogens is 334 g/mol. The van der Waals surface area contributed by atoms with Crippen molar-refractivity contribution in [1.82, 2.24) is 15.0 Å². The number of fused-ring (bicyclic) bond motifs is 1. The topological polar surface area (TPSA) is 48.1 Å². The Morgan fingerprint density at radius 2 is 1.56 bits per heavy atom. The summed E-state index contributed by atoms with van der Waals surface area (Å²) in [6, 6.07) is 18.9. The quantitative estimate of drug-likeness (QED) is 0.604. The van der Waals surface area contributed by atoms with Crippen LogP contribution in [0.1, 0.15) is 0 Å². The molecule has 1 fully saturated rings. The lowest BCUT2D eigenvalue weighted by Gasteiger charge is -2.37. The summed E-state index contributed by atoms with van der Waals surface area (Å²) in [5.41, 5.74) is 5.67. The van der Waals surface area contributed by atoms with Gasteiger partial charge in [0.15, 0.2) is 0 Å². The van der Waals surface area contributed by atoms with Gasteiger partial charge in [-0.2, -0.15) is 0 Å². The van der Waals surface area contributed by atoms with Crippen molar-refractivity contribution >= 4 is 22.3 Å². The van der Waals surface area contributed by atoms with Crippen LogP contribution in [-0.4, -0.2) is 41.1 Å². The molecule has 5 rings (SSSR count). The number of hydrogen-bond donors (Lipinski definition) is 1. The van der Waals surface area contributed by atoms with E-state index >= 15 is 0 Å². The zero-order valence-electron chi connectivity index (χ0n) is 15.0. The van der Waals surface area contributed by atoms with E-state index in [4.69, 9.17) is 4.98 Å². The van der Waals surface area contributed by atoms with Gasteiger partial charge in [0.1, 0.15) is 5.69 Å². The fraction of sp³-hybridized carbons (Fsp3) is 0.182. The molecule has 0 atom stereocenters. The molecule has 5 nitrogen and oxygen atoms in total. The Morgan fingerprint density at radius 1 is 0.778 bits per heavy atom.